The van der Waals surface area contributed by atoms with Crippen molar-refractivity contribution in [3.05, 3.63) is 16.1 Å². The van der Waals surface area contributed by atoms with Crippen LogP contribution in [0.25, 0.3) is 0 Å². The van der Waals surface area contributed by atoms with Gasteiger partial charge >= 0.3 is 0 Å². The zero-order chi connectivity index (χ0) is 10.6. The maximum Gasteiger partial charge on any atom is 0.0897 e. The number of nitrogens with one attached hydrogen (secondary N) is 1. The minimum Gasteiger partial charge on any atom is -0.310 e. The van der Waals surface area contributed by atoms with Crippen molar-refractivity contribution >= 4 is 11.3 Å². The zero-order valence-electron chi connectivity index (χ0n) is 8.79. The van der Waals surface area contributed by atoms with E-state index in [1.54, 1.807) is 11.3 Å². The standard InChI is InChI=1S/C10H15N3S/c1-8-13-5-9(14-8)4-12-7-10(2,3)6-11/h5,12H,4,7H2,1-3H3. The van der Waals surface area contributed by atoms with Crippen LogP contribution in [0.1, 0.15) is 23.7 Å². The van der Waals surface area contributed by atoms with Gasteiger partial charge in [0, 0.05) is 24.2 Å². The molecule has 1 aromatic heterocycles. The van der Waals surface area contributed by atoms with E-state index in [1.807, 2.05) is 27.0 Å². The van der Waals surface area contributed by atoms with Crippen LogP contribution in [0, 0.1) is 23.7 Å². The Hall–Kier alpha value is -0.920. The topological polar surface area (TPSA) is 48.7 Å². The Kier molecular flexibility index (Phi) is 3.62. The highest BCUT2D eigenvalue weighted by Gasteiger charge is 2.15. The van der Waals surface area contributed by atoms with E-state index in [4.69, 9.17) is 5.26 Å². The molecule has 1 N–H and O–H groups in total. The van der Waals surface area contributed by atoms with Crippen LogP contribution in [0.5, 0.6) is 0 Å². The lowest BCUT2D eigenvalue weighted by Crippen LogP contribution is -2.27. The summed E-state index contributed by atoms with van der Waals surface area (Å²) in [6, 6.07) is 2.26. The molecule has 0 bridgehead atoms. The van der Waals surface area contributed by atoms with E-state index in [0.717, 1.165) is 11.6 Å². The normalized spacial score (nSPS) is 11.3. The molecule has 0 amide bonds. The Morgan fingerprint density at radius 2 is 2.36 bits per heavy atom. The molecule has 0 fully saturated rings. The highest BCUT2D eigenvalue weighted by atomic mass is 32.1. The number of hydrogen-bond acceptors (Lipinski definition) is 4. The monoisotopic (exact) mass is 209 g/mol. The van der Waals surface area contributed by atoms with Crippen LogP contribution < -0.4 is 5.32 Å². The number of aryl methyl sites for hydroxylation is 1. The van der Waals surface area contributed by atoms with E-state index in [-0.39, 0.29) is 5.41 Å². The fourth-order valence-electron chi connectivity index (χ4n) is 1.02. The first-order chi connectivity index (χ1) is 6.53. The molecule has 0 spiro atoms. The van der Waals surface area contributed by atoms with Crippen LogP contribution in [0.4, 0.5) is 0 Å². The molecule has 1 heterocycles. The fraction of sp³-hybridized carbons (Fsp3) is 0.600. The molecule has 0 aliphatic heterocycles. The lowest BCUT2D eigenvalue weighted by molar-refractivity contribution is 0.446. The summed E-state index contributed by atoms with van der Waals surface area (Å²) >= 11 is 1.69. The maximum atomic E-state index is 8.80. The molecule has 0 atom stereocenters. The fourth-order valence-corrected chi connectivity index (χ4v) is 1.79. The summed E-state index contributed by atoms with van der Waals surface area (Å²) in [6.45, 7) is 7.36. The van der Waals surface area contributed by atoms with E-state index < -0.39 is 0 Å². The van der Waals surface area contributed by atoms with Gasteiger partial charge in [-0.05, 0) is 20.8 Å². The van der Waals surface area contributed by atoms with Crippen molar-refractivity contribution in [3.8, 4) is 6.07 Å². The van der Waals surface area contributed by atoms with Gasteiger partial charge in [0.05, 0.1) is 16.5 Å². The largest absolute Gasteiger partial charge is 0.310 e. The molecular formula is C10H15N3S. The second-order valence-electron chi connectivity index (χ2n) is 3.94. The van der Waals surface area contributed by atoms with E-state index in [2.05, 4.69) is 16.4 Å². The number of thiazole rings is 1. The Morgan fingerprint density at radius 1 is 1.64 bits per heavy atom. The average molecular weight is 209 g/mol. The third-order valence-electron chi connectivity index (χ3n) is 1.84. The van der Waals surface area contributed by atoms with E-state index in [0.29, 0.717) is 6.54 Å². The number of nitrogens with zero attached hydrogens (tertiary/aromatic N) is 2. The zero-order valence-corrected chi connectivity index (χ0v) is 9.61. The van der Waals surface area contributed by atoms with Crippen LogP contribution in [0.3, 0.4) is 0 Å². The predicted octanol–water partition coefficient (Wildman–Crippen LogP) is 2.09. The van der Waals surface area contributed by atoms with Crippen LogP contribution >= 0.6 is 11.3 Å². The van der Waals surface area contributed by atoms with Crippen molar-refractivity contribution in [2.75, 3.05) is 6.54 Å². The Labute approximate surface area is 88.8 Å². The molecule has 1 rings (SSSR count). The minimum atomic E-state index is -0.292. The Bertz CT molecular complexity index is 335. The molecule has 0 unspecified atom stereocenters. The first-order valence-electron chi connectivity index (χ1n) is 4.57. The molecule has 0 saturated carbocycles. The average Bonchev–Trinajstić information content (AvgIpc) is 2.51. The van der Waals surface area contributed by atoms with Crippen molar-refractivity contribution in [3.63, 3.8) is 0 Å². The molecule has 0 radical (unpaired) electrons. The van der Waals surface area contributed by atoms with Crippen molar-refractivity contribution in [1.29, 1.82) is 5.26 Å². The Balaban J connectivity index is 2.33. The summed E-state index contributed by atoms with van der Waals surface area (Å²) in [6.07, 6.45) is 1.88. The molecule has 0 aliphatic rings. The second kappa shape index (κ2) is 4.54. The maximum absolute atomic E-state index is 8.80. The van der Waals surface area contributed by atoms with Gasteiger partial charge in [0.15, 0.2) is 0 Å². The van der Waals surface area contributed by atoms with E-state index in [1.165, 1.54) is 4.88 Å². The van der Waals surface area contributed by atoms with Crippen LogP contribution in [0.2, 0.25) is 0 Å². The van der Waals surface area contributed by atoms with Gasteiger partial charge in [-0.1, -0.05) is 0 Å². The second-order valence-corrected chi connectivity index (χ2v) is 5.26. The number of rotatable bonds is 4. The molecule has 0 saturated heterocycles. The SMILES string of the molecule is Cc1ncc(CNCC(C)(C)C#N)s1. The Morgan fingerprint density at radius 3 is 2.86 bits per heavy atom. The van der Waals surface area contributed by atoms with Gasteiger partial charge in [0.1, 0.15) is 0 Å². The quantitative estimate of drug-likeness (QED) is 0.826. The number of aromatic nitrogens is 1. The van der Waals surface area contributed by atoms with Gasteiger partial charge in [-0.25, -0.2) is 4.98 Å². The summed E-state index contributed by atoms with van der Waals surface area (Å²) in [5, 5.41) is 13.1. The first-order valence-corrected chi connectivity index (χ1v) is 5.38. The molecule has 0 aliphatic carbocycles. The van der Waals surface area contributed by atoms with Crippen LogP contribution in [-0.2, 0) is 6.54 Å². The predicted molar refractivity (Wildman–Crippen MR) is 58.0 cm³/mol. The van der Waals surface area contributed by atoms with Gasteiger partial charge in [0.25, 0.3) is 0 Å². The first kappa shape index (κ1) is 11.2. The van der Waals surface area contributed by atoms with Gasteiger partial charge in [0.2, 0.25) is 0 Å². The molecule has 1 aromatic rings. The van der Waals surface area contributed by atoms with Gasteiger partial charge < -0.3 is 5.32 Å². The molecule has 3 nitrogen and oxygen atoms in total. The highest BCUT2D eigenvalue weighted by Crippen LogP contribution is 2.13. The lowest BCUT2D eigenvalue weighted by Gasteiger charge is -2.14. The minimum absolute atomic E-state index is 0.292. The van der Waals surface area contributed by atoms with Crippen molar-refractivity contribution in [2.45, 2.75) is 27.3 Å². The number of nitriles is 1. The third kappa shape index (κ3) is 3.44. The third-order valence-corrected chi connectivity index (χ3v) is 2.75. The summed E-state index contributed by atoms with van der Waals surface area (Å²) in [5.74, 6) is 0. The summed E-state index contributed by atoms with van der Waals surface area (Å²) in [7, 11) is 0. The van der Waals surface area contributed by atoms with Crippen molar-refractivity contribution in [2.24, 2.45) is 5.41 Å². The molecule has 14 heavy (non-hydrogen) atoms. The van der Waals surface area contributed by atoms with Crippen molar-refractivity contribution < 1.29 is 0 Å². The van der Waals surface area contributed by atoms with Crippen LogP contribution in [-0.4, -0.2) is 11.5 Å². The summed E-state index contributed by atoms with van der Waals surface area (Å²) in [5.41, 5.74) is -0.292. The summed E-state index contributed by atoms with van der Waals surface area (Å²) in [4.78, 5) is 5.38. The highest BCUT2D eigenvalue weighted by molar-refractivity contribution is 7.11. The lowest BCUT2D eigenvalue weighted by atomic mass is 9.96. The van der Waals surface area contributed by atoms with Gasteiger partial charge in [-0.2, -0.15) is 5.26 Å². The van der Waals surface area contributed by atoms with Gasteiger partial charge in [-0.15, -0.1) is 11.3 Å². The number of hydrogen-bond donors (Lipinski definition) is 1. The smallest absolute Gasteiger partial charge is 0.0897 e. The van der Waals surface area contributed by atoms with Gasteiger partial charge in [-0.3, -0.25) is 0 Å². The molecule has 76 valence electrons. The van der Waals surface area contributed by atoms with Crippen molar-refractivity contribution in [1.82, 2.24) is 10.3 Å². The molecular weight excluding hydrogens is 194 g/mol. The molecule has 0 aromatic carbocycles. The summed E-state index contributed by atoms with van der Waals surface area (Å²) < 4.78 is 0. The molecule has 4 heteroatoms. The van der Waals surface area contributed by atoms with E-state index >= 15 is 0 Å². The van der Waals surface area contributed by atoms with Crippen LogP contribution in [0.15, 0.2) is 6.20 Å². The van der Waals surface area contributed by atoms with E-state index in [9.17, 15) is 0 Å².